The molecular formula is C15H20BrNO2. The second-order valence-electron chi connectivity index (χ2n) is 5.54. The van der Waals surface area contributed by atoms with E-state index >= 15 is 0 Å². The minimum atomic E-state index is 0.197. The molecule has 104 valence electrons. The fraction of sp³-hybridized carbons (Fsp3) is 0.600. The van der Waals surface area contributed by atoms with Crippen molar-refractivity contribution in [3.63, 3.8) is 0 Å². The third-order valence-corrected chi connectivity index (χ3v) is 5.14. The number of nitrogens with one attached hydrogen (secondary N) is 1. The van der Waals surface area contributed by atoms with E-state index in [1.165, 1.54) is 18.4 Å². The van der Waals surface area contributed by atoms with Gasteiger partial charge in [0.05, 0.1) is 24.8 Å². The first kappa shape index (κ1) is 13.4. The summed E-state index contributed by atoms with van der Waals surface area (Å²) in [7, 11) is 1.70. The van der Waals surface area contributed by atoms with Gasteiger partial charge in [0.1, 0.15) is 5.75 Å². The zero-order chi connectivity index (χ0) is 13.3. The number of piperidine rings is 1. The molecule has 1 unspecified atom stereocenters. The lowest BCUT2D eigenvalue weighted by molar-refractivity contribution is -0.0948. The normalized spacial score (nSPS) is 25.7. The highest BCUT2D eigenvalue weighted by atomic mass is 79.9. The number of benzene rings is 1. The van der Waals surface area contributed by atoms with Gasteiger partial charge in [0, 0.05) is 5.41 Å². The standard InChI is InChI=1S/C15H20BrNO2/c1-18-14-5-4-11(7-13(14)16)15(9-19-10-15)12-3-2-6-17-8-12/h4-5,7,12,17H,2-3,6,8-10H2,1H3. The van der Waals surface area contributed by atoms with Crippen LogP contribution in [0.3, 0.4) is 0 Å². The van der Waals surface area contributed by atoms with Crippen molar-refractivity contribution >= 4 is 15.9 Å². The molecular weight excluding hydrogens is 306 g/mol. The Kier molecular flexibility index (Phi) is 3.83. The summed E-state index contributed by atoms with van der Waals surface area (Å²) in [6, 6.07) is 6.45. The lowest BCUT2D eigenvalue weighted by Gasteiger charge is -2.49. The highest BCUT2D eigenvalue weighted by Gasteiger charge is 2.47. The van der Waals surface area contributed by atoms with Gasteiger partial charge in [0.2, 0.25) is 0 Å². The van der Waals surface area contributed by atoms with Crippen molar-refractivity contribution in [3.8, 4) is 5.75 Å². The SMILES string of the molecule is COc1ccc(C2(C3CCCNC3)COC2)cc1Br. The maximum atomic E-state index is 5.57. The van der Waals surface area contributed by atoms with Crippen LogP contribution in [0, 0.1) is 5.92 Å². The molecule has 0 saturated carbocycles. The molecule has 2 saturated heterocycles. The van der Waals surface area contributed by atoms with Crippen LogP contribution in [-0.2, 0) is 10.2 Å². The molecule has 0 radical (unpaired) electrons. The number of hydrogen-bond acceptors (Lipinski definition) is 3. The van der Waals surface area contributed by atoms with Crippen LogP contribution in [-0.4, -0.2) is 33.4 Å². The summed E-state index contributed by atoms with van der Waals surface area (Å²) in [4.78, 5) is 0. The summed E-state index contributed by atoms with van der Waals surface area (Å²) in [5.74, 6) is 1.57. The quantitative estimate of drug-likeness (QED) is 0.926. The molecule has 2 aliphatic heterocycles. The van der Waals surface area contributed by atoms with Crippen molar-refractivity contribution in [1.82, 2.24) is 5.32 Å². The van der Waals surface area contributed by atoms with Crippen LogP contribution >= 0.6 is 15.9 Å². The van der Waals surface area contributed by atoms with Gasteiger partial charge in [-0.2, -0.15) is 0 Å². The smallest absolute Gasteiger partial charge is 0.133 e. The summed E-state index contributed by atoms with van der Waals surface area (Å²) in [5.41, 5.74) is 1.57. The van der Waals surface area contributed by atoms with Crippen molar-refractivity contribution in [2.24, 2.45) is 5.92 Å². The van der Waals surface area contributed by atoms with Crippen molar-refractivity contribution in [1.29, 1.82) is 0 Å². The molecule has 3 nitrogen and oxygen atoms in total. The van der Waals surface area contributed by atoms with Gasteiger partial charge in [-0.25, -0.2) is 0 Å². The van der Waals surface area contributed by atoms with Crippen molar-refractivity contribution in [2.75, 3.05) is 33.4 Å². The summed E-state index contributed by atoms with van der Waals surface area (Å²) in [6.45, 7) is 3.95. The monoisotopic (exact) mass is 325 g/mol. The largest absolute Gasteiger partial charge is 0.496 e. The zero-order valence-electron chi connectivity index (χ0n) is 11.2. The number of ether oxygens (including phenoxy) is 2. The molecule has 1 atom stereocenters. The third kappa shape index (κ3) is 2.30. The number of methoxy groups -OCH3 is 1. The molecule has 2 fully saturated rings. The Bertz CT molecular complexity index is 453. The van der Waals surface area contributed by atoms with E-state index in [4.69, 9.17) is 9.47 Å². The predicted octanol–water partition coefficient (Wildman–Crippen LogP) is 2.73. The molecule has 4 heteroatoms. The molecule has 19 heavy (non-hydrogen) atoms. The van der Waals surface area contributed by atoms with E-state index in [0.29, 0.717) is 5.92 Å². The number of rotatable bonds is 3. The first-order valence-corrected chi connectivity index (χ1v) is 7.68. The van der Waals surface area contributed by atoms with E-state index in [0.717, 1.165) is 36.5 Å². The molecule has 1 aromatic carbocycles. The average Bonchev–Trinajstić information content (AvgIpc) is 2.39. The highest BCUT2D eigenvalue weighted by molar-refractivity contribution is 9.10. The van der Waals surface area contributed by atoms with Gasteiger partial charge in [-0.15, -0.1) is 0 Å². The predicted molar refractivity (Wildman–Crippen MR) is 78.8 cm³/mol. The Labute approximate surface area is 122 Å². The Morgan fingerprint density at radius 1 is 1.42 bits per heavy atom. The fourth-order valence-electron chi connectivity index (χ4n) is 3.26. The molecule has 0 bridgehead atoms. The second-order valence-corrected chi connectivity index (χ2v) is 6.40. The number of halogens is 1. The lowest BCUT2D eigenvalue weighted by Crippen LogP contribution is -2.56. The van der Waals surface area contributed by atoms with Crippen LogP contribution in [0.15, 0.2) is 22.7 Å². The fourth-order valence-corrected chi connectivity index (χ4v) is 3.80. The number of hydrogen-bond donors (Lipinski definition) is 1. The molecule has 3 rings (SSSR count). The average molecular weight is 326 g/mol. The zero-order valence-corrected chi connectivity index (χ0v) is 12.8. The molecule has 1 N–H and O–H groups in total. The van der Waals surface area contributed by atoms with E-state index < -0.39 is 0 Å². The molecule has 2 aliphatic rings. The first-order chi connectivity index (χ1) is 9.26. The highest BCUT2D eigenvalue weighted by Crippen LogP contribution is 2.44. The van der Waals surface area contributed by atoms with E-state index in [1.54, 1.807) is 7.11 Å². The van der Waals surface area contributed by atoms with Crippen molar-refractivity contribution in [2.45, 2.75) is 18.3 Å². The molecule has 0 aliphatic carbocycles. The topological polar surface area (TPSA) is 30.5 Å². The Morgan fingerprint density at radius 3 is 2.79 bits per heavy atom. The van der Waals surface area contributed by atoms with E-state index in [9.17, 15) is 0 Å². The van der Waals surface area contributed by atoms with Crippen LogP contribution in [0.5, 0.6) is 5.75 Å². The van der Waals surface area contributed by atoms with Crippen LogP contribution in [0.25, 0.3) is 0 Å². The minimum Gasteiger partial charge on any atom is -0.496 e. The van der Waals surface area contributed by atoms with Crippen molar-refractivity contribution < 1.29 is 9.47 Å². The third-order valence-electron chi connectivity index (χ3n) is 4.52. The van der Waals surface area contributed by atoms with Gasteiger partial charge in [-0.3, -0.25) is 0 Å². The lowest BCUT2D eigenvalue weighted by atomic mass is 9.66. The Morgan fingerprint density at radius 2 is 2.26 bits per heavy atom. The van der Waals surface area contributed by atoms with Crippen LogP contribution in [0.4, 0.5) is 0 Å². The van der Waals surface area contributed by atoms with Crippen molar-refractivity contribution in [3.05, 3.63) is 28.2 Å². The maximum absolute atomic E-state index is 5.57. The van der Waals surface area contributed by atoms with Gasteiger partial charge in [0.25, 0.3) is 0 Å². The molecule has 1 aromatic rings. The van der Waals surface area contributed by atoms with E-state index in [-0.39, 0.29) is 5.41 Å². The molecule has 0 spiro atoms. The van der Waals surface area contributed by atoms with Crippen LogP contribution in [0.2, 0.25) is 0 Å². The maximum Gasteiger partial charge on any atom is 0.133 e. The summed E-state index contributed by atoms with van der Waals surface area (Å²) in [5, 5.41) is 3.52. The minimum absolute atomic E-state index is 0.197. The van der Waals surface area contributed by atoms with Crippen LogP contribution < -0.4 is 10.1 Å². The van der Waals surface area contributed by atoms with Crippen LogP contribution in [0.1, 0.15) is 18.4 Å². The van der Waals surface area contributed by atoms with Gasteiger partial charge in [-0.1, -0.05) is 6.07 Å². The van der Waals surface area contributed by atoms with E-state index in [2.05, 4.69) is 39.4 Å². The summed E-state index contributed by atoms with van der Waals surface area (Å²) >= 11 is 3.60. The molecule has 0 amide bonds. The summed E-state index contributed by atoms with van der Waals surface area (Å²) in [6.07, 6.45) is 2.56. The summed E-state index contributed by atoms with van der Waals surface area (Å²) < 4.78 is 11.9. The van der Waals surface area contributed by atoms with Gasteiger partial charge >= 0.3 is 0 Å². The Hall–Kier alpha value is -0.580. The Balaban J connectivity index is 1.90. The molecule has 0 aromatic heterocycles. The molecule has 2 heterocycles. The van der Waals surface area contributed by atoms with Gasteiger partial charge < -0.3 is 14.8 Å². The van der Waals surface area contributed by atoms with Gasteiger partial charge in [0.15, 0.2) is 0 Å². The van der Waals surface area contributed by atoms with E-state index in [1.807, 2.05) is 0 Å². The first-order valence-electron chi connectivity index (χ1n) is 6.89. The second kappa shape index (κ2) is 5.43. The van der Waals surface area contributed by atoms with Gasteiger partial charge in [-0.05, 0) is 65.5 Å².